The molecule has 10 nitrogen and oxygen atoms in total. The molecule has 10 heteroatoms. The molecule has 0 bridgehead atoms. The zero-order valence-electron chi connectivity index (χ0n) is 16.4. The van der Waals surface area contributed by atoms with Crippen molar-refractivity contribution in [2.45, 2.75) is 25.4 Å². The Kier molecular flexibility index (Phi) is 4.35. The van der Waals surface area contributed by atoms with Gasteiger partial charge in [-0.3, -0.25) is 23.8 Å². The van der Waals surface area contributed by atoms with Gasteiger partial charge in [0.05, 0.1) is 36.3 Å². The number of rotatable bonds is 4. The maximum atomic E-state index is 13.1. The quantitative estimate of drug-likeness (QED) is 0.511. The highest BCUT2D eigenvalue weighted by Gasteiger charge is 2.32. The van der Waals surface area contributed by atoms with Crippen molar-refractivity contribution < 1.29 is 5.11 Å². The molecule has 154 valence electrons. The Morgan fingerprint density at radius 3 is 2.87 bits per heavy atom. The highest BCUT2D eigenvalue weighted by molar-refractivity contribution is 5.77. The fraction of sp³-hybridized carbons (Fsp3) is 0.350. The lowest BCUT2D eigenvalue weighted by Gasteiger charge is -2.27. The van der Waals surface area contributed by atoms with Crippen LogP contribution in [0.3, 0.4) is 0 Å². The molecule has 1 fully saturated rings. The molecule has 0 aliphatic carbocycles. The fourth-order valence-corrected chi connectivity index (χ4v) is 4.20. The third kappa shape index (κ3) is 2.79. The zero-order valence-corrected chi connectivity index (χ0v) is 16.4. The normalized spacial score (nSPS) is 16.7. The summed E-state index contributed by atoms with van der Waals surface area (Å²) in [4.78, 5) is 39.8. The number of H-pyrrole nitrogens is 1. The minimum atomic E-state index is -0.257. The summed E-state index contributed by atoms with van der Waals surface area (Å²) in [6.45, 7) is 0.648. The molecule has 30 heavy (non-hydrogen) atoms. The van der Waals surface area contributed by atoms with Crippen LogP contribution in [-0.2, 0) is 13.6 Å². The van der Waals surface area contributed by atoms with Crippen molar-refractivity contribution in [3.8, 4) is 0 Å². The third-order valence-corrected chi connectivity index (χ3v) is 5.63. The number of aryl methyl sites for hydroxylation is 1. The first-order valence-electron chi connectivity index (χ1n) is 9.87. The van der Waals surface area contributed by atoms with E-state index in [1.807, 2.05) is 17.0 Å². The van der Waals surface area contributed by atoms with Gasteiger partial charge in [-0.15, -0.1) is 0 Å². The predicted molar refractivity (Wildman–Crippen MR) is 112 cm³/mol. The van der Waals surface area contributed by atoms with E-state index < -0.39 is 0 Å². The number of para-hydroxylation sites is 1. The van der Waals surface area contributed by atoms with Crippen LogP contribution >= 0.6 is 0 Å². The lowest BCUT2D eigenvalue weighted by molar-refractivity contribution is 0.270. The molecule has 0 saturated carbocycles. The first kappa shape index (κ1) is 18.5. The summed E-state index contributed by atoms with van der Waals surface area (Å²) in [5, 5.41) is 14.6. The summed E-state index contributed by atoms with van der Waals surface area (Å²) in [6, 6.07) is 6.95. The van der Waals surface area contributed by atoms with Crippen molar-refractivity contribution in [1.82, 2.24) is 29.3 Å². The molecular weight excluding hydrogens is 386 g/mol. The lowest BCUT2D eigenvalue weighted by atomic mass is 10.1. The molecule has 0 spiro atoms. The van der Waals surface area contributed by atoms with Crippen LogP contribution < -0.4 is 16.0 Å². The van der Waals surface area contributed by atoms with Gasteiger partial charge in [0.25, 0.3) is 11.1 Å². The Morgan fingerprint density at radius 2 is 2.03 bits per heavy atom. The van der Waals surface area contributed by atoms with E-state index in [1.54, 1.807) is 23.9 Å². The van der Waals surface area contributed by atoms with E-state index in [4.69, 9.17) is 4.98 Å². The Balaban J connectivity index is 1.68. The number of aromatic amines is 1. The van der Waals surface area contributed by atoms with E-state index in [2.05, 4.69) is 15.1 Å². The molecule has 1 unspecified atom stereocenters. The number of aromatic nitrogens is 6. The molecule has 2 N–H and O–H groups in total. The molecule has 0 amide bonds. The van der Waals surface area contributed by atoms with Gasteiger partial charge in [0.2, 0.25) is 5.95 Å². The molecule has 1 aromatic carbocycles. The second-order valence-corrected chi connectivity index (χ2v) is 7.41. The molecule has 5 rings (SSSR count). The van der Waals surface area contributed by atoms with Crippen LogP contribution in [0, 0.1) is 0 Å². The summed E-state index contributed by atoms with van der Waals surface area (Å²) in [5.74, 6) is 0.995. The summed E-state index contributed by atoms with van der Waals surface area (Å²) < 4.78 is 3.10. The zero-order chi connectivity index (χ0) is 20.8. The van der Waals surface area contributed by atoms with Gasteiger partial charge in [0, 0.05) is 13.6 Å². The van der Waals surface area contributed by atoms with Crippen LogP contribution in [0.2, 0.25) is 0 Å². The fourth-order valence-electron chi connectivity index (χ4n) is 4.20. The van der Waals surface area contributed by atoms with Crippen LogP contribution in [-0.4, -0.2) is 47.6 Å². The van der Waals surface area contributed by atoms with Crippen LogP contribution in [0.1, 0.15) is 24.7 Å². The summed E-state index contributed by atoms with van der Waals surface area (Å²) in [7, 11) is 1.74. The van der Waals surface area contributed by atoms with E-state index in [-0.39, 0.29) is 30.3 Å². The third-order valence-electron chi connectivity index (χ3n) is 5.63. The van der Waals surface area contributed by atoms with E-state index >= 15 is 0 Å². The van der Waals surface area contributed by atoms with E-state index in [0.717, 1.165) is 12.8 Å². The van der Waals surface area contributed by atoms with Crippen molar-refractivity contribution in [3.63, 3.8) is 0 Å². The number of anilines is 1. The van der Waals surface area contributed by atoms with Crippen LogP contribution in [0.25, 0.3) is 21.9 Å². The number of benzene rings is 1. The number of aliphatic hydroxyl groups excluding tert-OH is 1. The highest BCUT2D eigenvalue weighted by atomic mass is 16.3. The molecule has 4 aromatic rings. The molecule has 3 aromatic heterocycles. The molecule has 4 heterocycles. The first-order chi connectivity index (χ1) is 14.6. The van der Waals surface area contributed by atoms with Gasteiger partial charge in [0.15, 0.2) is 5.65 Å². The number of hydrogen-bond donors (Lipinski definition) is 2. The lowest BCUT2D eigenvalue weighted by Crippen LogP contribution is -2.34. The van der Waals surface area contributed by atoms with Gasteiger partial charge in [-0.2, -0.15) is 10.1 Å². The van der Waals surface area contributed by atoms with E-state index in [1.165, 1.54) is 10.8 Å². The molecule has 1 saturated heterocycles. The van der Waals surface area contributed by atoms with Crippen molar-refractivity contribution in [2.75, 3.05) is 18.1 Å². The second-order valence-electron chi connectivity index (χ2n) is 7.41. The average molecular weight is 407 g/mol. The van der Waals surface area contributed by atoms with Gasteiger partial charge in [0.1, 0.15) is 11.2 Å². The van der Waals surface area contributed by atoms with Gasteiger partial charge < -0.3 is 10.0 Å². The molecule has 0 radical (unpaired) electrons. The molecule has 1 aliphatic heterocycles. The minimum absolute atomic E-state index is 0.154. The number of nitrogens with one attached hydrogen (secondary N) is 1. The minimum Gasteiger partial charge on any atom is -0.395 e. The maximum Gasteiger partial charge on any atom is 0.263 e. The SMILES string of the molecule is Cn1ncc2c(=O)[nH]c(N3CCCC3c3nc4ccccc4c(=O)n3CCO)nc21. The van der Waals surface area contributed by atoms with Crippen LogP contribution in [0.5, 0.6) is 0 Å². The smallest absolute Gasteiger partial charge is 0.263 e. The van der Waals surface area contributed by atoms with Crippen molar-refractivity contribution >= 4 is 27.9 Å². The summed E-state index contributed by atoms with van der Waals surface area (Å²) in [5.41, 5.74) is 0.675. The second kappa shape index (κ2) is 7.06. The van der Waals surface area contributed by atoms with Gasteiger partial charge >= 0.3 is 0 Å². The highest BCUT2D eigenvalue weighted by Crippen LogP contribution is 2.33. The number of fused-ring (bicyclic) bond motifs is 2. The molecule has 1 atom stereocenters. The van der Waals surface area contributed by atoms with Crippen molar-refractivity contribution in [3.05, 3.63) is 57.0 Å². The van der Waals surface area contributed by atoms with Crippen molar-refractivity contribution in [1.29, 1.82) is 0 Å². The van der Waals surface area contributed by atoms with E-state index in [9.17, 15) is 14.7 Å². The average Bonchev–Trinajstić information content (AvgIpc) is 3.38. The summed E-state index contributed by atoms with van der Waals surface area (Å²) >= 11 is 0. The largest absolute Gasteiger partial charge is 0.395 e. The number of nitrogens with zero attached hydrogens (tertiary/aromatic N) is 6. The number of aliphatic hydroxyl groups is 1. The molecular formula is C20H21N7O3. The molecule has 1 aliphatic rings. The van der Waals surface area contributed by atoms with Crippen LogP contribution in [0.15, 0.2) is 40.1 Å². The Bertz CT molecular complexity index is 1370. The Morgan fingerprint density at radius 1 is 1.20 bits per heavy atom. The standard InChI is InChI=1S/C20H21N7O3/c1-25-16-13(11-21-25)18(29)24-20(23-16)26-8-4-7-15(26)17-22-14-6-3-2-5-12(14)19(30)27(17)9-10-28/h2-3,5-6,11,15,28H,4,7-10H2,1H3,(H,23,24,29). The maximum absolute atomic E-state index is 13.1. The predicted octanol–water partition coefficient (Wildman–Crippen LogP) is 0.700. The monoisotopic (exact) mass is 407 g/mol. The van der Waals surface area contributed by atoms with Gasteiger partial charge in [-0.25, -0.2) is 4.98 Å². The van der Waals surface area contributed by atoms with Crippen LogP contribution in [0.4, 0.5) is 5.95 Å². The number of hydrogen-bond acceptors (Lipinski definition) is 7. The Hall–Kier alpha value is -3.53. The summed E-state index contributed by atoms with van der Waals surface area (Å²) in [6.07, 6.45) is 3.11. The first-order valence-corrected chi connectivity index (χ1v) is 9.87. The topological polar surface area (TPSA) is 122 Å². The van der Waals surface area contributed by atoms with Gasteiger partial charge in [-0.05, 0) is 25.0 Å². The van der Waals surface area contributed by atoms with Crippen molar-refractivity contribution in [2.24, 2.45) is 7.05 Å². The van der Waals surface area contributed by atoms with E-state index in [0.29, 0.717) is 40.3 Å². The Labute approximate surface area is 170 Å². The van der Waals surface area contributed by atoms with Gasteiger partial charge in [-0.1, -0.05) is 12.1 Å².